The Bertz CT molecular complexity index is 985. The minimum absolute atomic E-state index is 0.0320. The summed E-state index contributed by atoms with van der Waals surface area (Å²) in [6, 6.07) is 10.3. The van der Waals surface area contributed by atoms with Crippen LogP contribution in [0.5, 0.6) is 11.5 Å². The van der Waals surface area contributed by atoms with Crippen molar-refractivity contribution in [2.75, 3.05) is 12.4 Å². The fraction of sp³-hybridized carbons (Fsp3) is 0.238. The lowest BCUT2D eigenvalue weighted by molar-refractivity contribution is -0.113. The smallest absolute Gasteiger partial charge is 0.255 e. The zero-order valence-electron chi connectivity index (χ0n) is 16.2. The first-order chi connectivity index (χ1) is 13.3. The molecule has 0 spiro atoms. The number of amides is 1. The number of thiocarbonyl (C=S) groups is 1. The highest BCUT2D eigenvalue weighted by atomic mass is 32.1. The molecule has 1 aliphatic rings. The Labute approximate surface area is 169 Å². The van der Waals surface area contributed by atoms with E-state index in [1.807, 2.05) is 39.0 Å². The van der Waals surface area contributed by atoms with Gasteiger partial charge in [0.15, 0.2) is 16.6 Å². The summed E-state index contributed by atoms with van der Waals surface area (Å²) in [6.45, 7) is 5.84. The molecule has 0 unspecified atom stereocenters. The Balaban J connectivity index is 1.97. The largest absolute Gasteiger partial charge is 0.504 e. The minimum Gasteiger partial charge on any atom is -0.504 e. The lowest BCUT2D eigenvalue weighted by Crippen LogP contribution is -2.45. The van der Waals surface area contributed by atoms with Crippen LogP contribution in [0, 0.1) is 13.8 Å². The SMILES string of the molecule is COc1cc([C@@H]2NC(=S)NC(C)=C2C(=O)Nc2ccc(C)c(C)c2)ccc1O. The first-order valence-corrected chi connectivity index (χ1v) is 9.24. The van der Waals surface area contributed by atoms with Crippen molar-refractivity contribution >= 4 is 28.9 Å². The van der Waals surface area contributed by atoms with Crippen LogP contribution in [0.1, 0.15) is 29.7 Å². The van der Waals surface area contributed by atoms with Gasteiger partial charge in [0.2, 0.25) is 0 Å². The Morgan fingerprint density at radius 3 is 2.57 bits per heavy atom. The number of carbonyl (C=O) groups is 1. The number of anilines is 1. The van der Waals surface area contributed by atoms with Crippen molar-refractivity contribution < 1.29 is 14.6 Å². The summed E-state index contributed by atoms with van der Waals surface area (Å²) >= 11 is 5.28. The lowest BCUT2D eigenvalue weighted by Gasteiger charge is -2.30. The Kier molecular flexibility index (Phi) is 5.56. The monoisotopic (exact) mass is 397 g/mol. The maximum atomic E-state index is 13.1. The van der Waals surface area contributed by atoms with Gasteiger partial charge in [-0.1, -0.05) is 12.1 Å². The molecule has 0 saturated heterocycles. The molecular formula is C21H23N3O3S. The van der Waals surface area contributed by atoms with Gasteiger partial charge in [-0.25, -0.2) is 0 Å². The number of benzene rings is 2. The molecule has 0 fully saturated rings. The standard InChI is InChI=1S/C21H23N3O3S/c1-11-5-7-15(9-12(11)2)23-20(26)18-13(3)22-21(28)24-19(18)14-6-8-16(25)17(10-14)27-4/h5-10,19,25H,1-4H3,(H,23,26)(H2,22,24,28)/t19-/m0/s1. The van der Waals surface area contributed by atoms with Crippen LogP contribution in [0.4, 0.5) is 5.69 Å². The van der Waals surface area contributed by atoms with Crippen LogP contribution >= 0.6 is 12.2 Å². The molecular weight excluding hydrogens is 374 g/mol. The van der Waals surface area contributed by atoms with Gasteiger partial charge in [0, 0.05) is 11.4 Å². The first kappa shape index (κ1) is 19.7. The summed E-state index contributed by atoms with van der Waals surface area (Å²) < 4.78 is 5.20. The summed E-state index contributed by atoms with van der Waals surface area (Å²) in [5, 5.41) is 19.4. The molecule has 3 rings (SSSR count). The van der Waals surface area contributed by atoms with E-state index in [0.717, 1.165) is 22.4 Å². The molecule has 7 heteroatoms. The van der Waals surface area contributed by atoms with Crippen LogP contribution in [0.15, 0.2) is 47.7 Å². The quantitative estimate of drug-likeness (QED) is 0.592. The predicted molar refractivity (Wildman–Crippen MR) is 114 cm³/mol. The van der Waals surface area contributed by atoms with E-state index in [1.165, 1.54) is 13.2 Å². The zero-order chi connectivity index (χ0) is 20.4. The number of hydrogen-bond donors (Lipinski definition) is 4. The summed E-state index contributed by atoms with van der Waals surface area (Å²) in [7, 11) is 1.48. The zero-order valence-corrected chi connectivity index (χ0v) is 17.0. The number of phenolic OH excluding ortho intramolecular Hbond substituents is 1. The van der Waals surface area contributed by atoms with Crippen molar-refractivity contribution in [2.24, 2.45) is 0 Å². The number of nitrogens with one attached hydrogen (secondary N) is 3. The van der Waals surface area contributed by atoms with Gasteiger partial charge in [0.1, 0.15) is 0 Å². The maximum absolute atomic E-state index is 13.1. The molecule has 0 saturated carbocycles. The molecule has 1 amide bonds. The van der Waals surface area contributed by atoms with E-state index in [-0.39, 0.29) is 11.7 Å². The Morgan fingerprint density at radius 1 is 1.14 bits per heavy atom. The third-order valence-corrected chi connectivity index (χ3v) is 5.04. The van der Waals surface area contributed by atoms with E-state index in [1.54, 1.807) is 12.1 Å². The molecule has 146 valence electrons. The highest BCUT2D eigenvalue weighted by Crippen LogP contribution is 2.33. The fourth-order valence-corrected chi connectivity index (χ4v) is 3.41. The number of hydrogen-bond acceptors (Lipinski definition) is 4. The van der Waals surface area contributed by atoms with Crippen LogP contribution in [0.2, 0.25) is 0 Å². The van der Waals surface area contributed by atoms with Crippen LogP contribution in [-0.4, -0.2) is 23.2 Å². The second-order valence-corrected chi connectivity index (χ2v) is 7.16. The third kappa shape index (κ3) is 3.94. The number of carbonyl (C=O) groups excluding carboxylic acids is 1. The number of aromatic hydroxyl groups is 1. The average molecular weight is 398 g/mol. The van der Waals surface area contributed by atoms with Gasteiger partial charge in [-0.3, -0.25) is 4.79 Å². The molecule has 2 aromatic carbocycles. The first-order valence-electron chi connectivity index (χ1n) is 8.84. The molecule has 0 bridgehead atoms. The molecule has 1 aliphatic heterocycles. The van der Waals surface area contributed by atoms with Gasteiger partial charge in [-0.15, -0.1) is 0 Å². The van der Waals surface area contributed by atoms with Gasteiger partial charge in [-0.05, 0) is 73.9 Å². The highest BCUT2D eigenvalue weighted by molar-refractivity contribution is 7.80. The van der Waals surface area contributed by atoms with E-state index in [4.69, 9.17) is 17.0 Å². The molecule has 6 nitrogen and oxygen atoms in total. The van der Waals surface area contributed by atoms with Crippen molar-refractivity contribution in [3.8, 4) is 11.5 Å². The summed E-state index contributed by atoms with van der Waals surface area (Å²) in [6.07, 6.45) is 0. The molecule has 1 heterocycles. The molecule has 4 N–H and O–H groups in total. The van der Waals surface area contributed by atoms with Gasteiger partial charge in [0.05, 0.1) is 18.7 Å². The van der Waals surface area contributed by atoms with Crippen LogP contribution in [0.25, 0.3) is 0 Å². The van der Waals surface area contributed by atoms with Crippen LogP contribution < -0.4 is 20.7 Å². The van der Waals surface area contributed by atoms with Crippen LogP contribution in [-0.2, 0) is 4.79 Å². The van der Waals surface area contributed by atoms with Gasteiger partial charge in [-0.2, -0.15) is 0 Å². The Morgan fingerprint density at radius 2 is 1.89 bits per heavy atom. The van der Waals surface area contributed by atoms with Crippen molar-refractivity contribution in [1.82, 2.24) is 10.6 Å². The molecule has 0 aliphatic carbocycles. The number of phenols is 1. The number of rotatable bonds is 4. The van der Waals surface area contributed by atoms with Crippen molar-refractivity contribution in [3.63, 3.8) is 0 Å². The van der Waals surface area contributed by atoms with Gasteiger partial charge < -0.3 is 25.8 Å². The normalized spacial score (nSPS) is 16.3. The van der Waals surface area contributed by atoms with E-state index in [9.17, 15) is 9.90 Å². The fourth-order valence-electron chi connectivity index (χ4n) is 3.14. The van der Waals surface area contributed by atoms with Crippen molar-refractivity contribution in [2.45, 2.75) is 26.8 Å². The Hall–Kier alpha value is -3.06. The van der Waals surface area contributed by atoms with E-state index < -0.39 is 6.04 Å². The maximum Gasteiger partial charge on any atom is 0.255 e. The van der Waals surface area contributed by atoms with Gasteiger partial charge >= 0.3 is 0 Å². The summed E-state index contributed by atoms with van der Waals surface area (Å²) in [5.41, 5.74) is 4.92. The number of allylic oxidation sites excluding steroid dienone is 1. The second kappa shape index (κ2) is 7.90. The molecule has 0 radical (unpaired) electrons. The molecule has 2 aromatic rings. The van der Waals surface area contributed by atoms with E-state index in [2.05, 4.69) is 16.0 Å². The molecule has 0 aromatic heterocycles. The summed E-state index contributed by atoms with van der Waals surface area (Å²) in [4.78, 5) is 13.1. The average Bonchev–Trinajstić information content (AvgIpc) is 2.64. The van der Waals surface area contributed by atoms with Gasteiger partial charge in [0.25, 0.3) is 5.91 Å². The van der Waals surface area contributed by atoms with Crippen molar-refractivity contribution in [3.05, 3.63) is 64.4 Å². The number of ether oxygens (including phenoxy) is 1. The predicted octanol–water partition coefficient (Wildman–Crippen LogP) is 3.45. The molecule has 1 atom stereocenters. The summed E-state index contributed by atoms with van der Waals surface area (Å²) in [5.74, 6) is 0.125. The van der Waals surface area contributed by atoms with E-state index in [0.29, 0.717) is 22.1 Å². The molecule has 28 heavy (non-hydrogen) atoms. The third-order valence-electron chi connectivity index (χ3n) is 4.82. The number of aryl methyl sites for hydroxylation is 2. The van der Waals surface area contributed by atoms with Crippen molar-refractivity contribution in [1.29, 1.82) is 0 Å². The van der Waals surface area contributed by atoms with E-state index >= 15 is 0 Å². The highest BCUT2D eigenvalue weighted by Gasteiger charge is 2.30. The lowest BCUT2D eigenvalue weighted by atomic mass is 9.94. The minimum atomic E-state index is -0.477. The van der Waals surface area contributed by atoms with Crippen LogP contribution in [0.3, 0.4) is 0 Å². The topological polar surface area (TPSA) is 82.6 Å². The number of methoxy groups -OCH3 is 1. The second-order valence-electron chi connectivity index (χ2n) is 6.75.